The second-order valence-corrected chi connectivity index (χ2v) is 4.00. The SMILES string of the molecule is CCCCC(I)C(C)O. The molecule has 0 spiro atoms. The van der Waals surface area contributed by atoms with Crippen molar-refractivity contribution in [3.63, 3.8) is 0 Å². The summed E-state index contributed by atoms with van der Waals surface area (Å²) in [5.74, 6) is 0. The summed E-state index contributed by atoms with van der Waals surface area (Å²) in [6.07, 6.45) is 3.47. The van der Waals surface area contributed by atoms with Gasteiger partial charge in [-0.1, -0.05) is 42.4 Å². The second-order valence-electron chi connectivity index (χ2n) is 2.40. The average Bonchev–Trinajstić information content (AvgIpc) is 1.82. The first-order chi connectivity index (χ1) is 4.18. The van der Waals surface area contributed by atoms with Crippen LogP contribution in [0.5, 0.6) is 0 Å². The van der Waals surface area contributed by atoms with Crippen LogP contribution < -0.4 is 0 Å². The first-order valence-corrected chi connectivity index (χ1v) is 4.75. The highest BCUT2D eigenvalue weighted by Crippen LogP contribution is 2.13. The van der Waals surface area contributed by atoms with Gasteiger partial charge in [-0.15, -0.1) is 0 Å². The molecule has 0 aromatic rings. The van der Waals surface area contributed by atoms with Gasteiger partial charge in [0.05, 0.1) is 6.10 Å². The number of unbranched alkanes of at least 4 members (excludes halogenated alkanes) is 1. The van der Waals surface area contributed by atoms with Gasteiger partial charge in [0.25, 0.3) is 0 Å². The quantitative estimate of drug-likeness (QED) is 0.592. The molecule has 0 aliphatic rings. The van der Waals surface area contributed by atoms with Gasteiger partial charge in [0, 0.05) is 3.92 Å². The molecule has 0 aliphatic heterocycles. The molecule has 0 aliphatic carbocycles. The highest BCUT2D eigenvalue weighted by molar-refractivity contribution is 14.1. The standard InChI is InChI=1S/C7H15IO/c1-3-4-5-7(8)6(2)9/h6-7,9H,3-5H2,1-2H3. The summed E-state index contributed by atoms with van der Waals surface area (Å²) in [5, 5.41) is 9.04. The Morgan fingerprint density at radius 2 is 2.11 bits per heavy atom. The van der Waals surface area contributed by atoms with Crippen LogP contribution in [-0.2, 0) is 0 Å². The molecular weight excluding hydrogens is 227 g/mol. The van der Waals surface area contributed by atoms with Crippen molar-refractivity contribution in [3.05, 3.63) is 0 Å². The summed E-state index contributed by atoms with van der Waals surface area (Å²) in [6, 6.07) is 0. The molecule has 56 valence electrons. The lowest BCUT2D eigenvalue weighted by Crippen LogP contribution is -2.15. The molecule has 9 heavy (non-hydrogen) atoms. The fourth-order valence-corrected chi connectivity index (χ4v) is 1.08. The zero-order valence-corrected chi connectivity index (χ0v) is 8.26. The smallest absolute Gasteiger partial charge is 0.0629 e. The van der Waals surface area contributed by atoms with E-state index in [0.717, 1.165) is 6.42 Å². The third kappa shape index (κ3) is 5.15. The number of aliphatic hydroxyl groups is 1. The number of hydrogen-bond acceptors (Lipinski definition) is 1. The molecule has 0 amide bonds. The van der Waals surface area contributed by atoms with E-state index in [1.54, 1.807) is 0 Å². The molecule has 0 saturated heterocycles. The van der Waals surface area contributed by atoms with Crippen LogP contribution in [0.1, 0.15) is 33.1 Å². The largest absolute Gasteiger partial charge is 0.392 e. The molecule has 0 fully saturated rings. The van der Waals surface area contributed by atoms with Gasteiger partial charge in [-0.2, -0.15) is 0 Å². The Bertz CT molecular complexity index is 63.9. The summed E-state index contributed by atoms with van der Waals surface area (Å²) in [5.41, 5.74) is 0. The predicted octanol–water partition coefficient (Wildman–Crippen LogP) is 2.36. The number of hydrogen-bond donors (Lipinski definition) is 1. The third-order valence-electron chi connectivity index (χ3n) is 1.36. The van der Waals surface area contributed by atoms with Crippen molar-refractivity contribution in [2.24, 2.45) is 0 Å². The Kier molecular flexibility index (Phi) is 5.89. The Labute approximate surface area is 71.0 Å². The Balaban J connectivity index is 3.16. The lowest BCUT2D eigenvalue weighted by Gasteiger charge is -2.10. The topological polar surface area (TPSA) is 20.2 Å². The maximum Gasteiger partial charge on any atom is 0.0629 e. The van der Waals surface area contributed by atoms with E-state index >= 15 is 0 Å². The fraction of sp³-hybridized carbons (Fsp3) is 1.00. The lowest BCUT2D eigenvalue weighted by molar-refractivity contribution is 0.192. The van der Waals surface area contributed by atoms with Crippen LogP contribution in [0.2, 0.25) is 0 Å². The molecule has 0 heterocycles. The van der Waals surface area contributed by atoms with Crippen LogP contribution in [0, 0.1) is 0 Å². The van der Waals surface area contributed by atoms with E-state index in [9.17, 15) is 0 Å². The summed E-state index contributed by atoms with van der Waals surface area (Å²) in [7, 11) is 0. The molecule has 1 N–H and O–H groups in total. The van der Waals surface area contributed by atoms with Gasteiger partial charge in [-0.05, 0) is 13.3 Å². The molecule has 2 atom stereocenters. The van der Waals surface area contributed by atoms with Crippen LogP contribution in [0.15, 0.2) is 0 Å². The molecule has 0 rings (SSSR count). The highest BCUT2D eigenvalue weighted by Gasteiger charge is 2.08. The molecule has 2 unspecified atom stereocenters. The fourth-order valence-electron chi connectivity index (χ4n) is 0.640. The zero-order valence-electron chi connectivity index (χ0n) is 6.10. The number of rotatable bonds is 4. The molecule has 1 nitrogen and oxygen atoms in total. The van der Waals surface area contributed by atoms with E-state index in [1.165, 1.54) is 12.8 Å². The Hall–Kier alpha value is 0.690. The van der Waals surface area contributed by atoms with Gasteiger partial charge >= 0.3 is 0 Å². The molecular formula is C7H15IO. The maximum absolute atomic E-state index is 9.04. The van der Waals surface area contributed by atoms with E-state index in [-0.39, 0.29) is 6.10 Å². The predicted molar refractivity (Wildman–Crippen MR) is 49.0 cm³/mol. The van der Waals surface area contributed by atoms with E-state index < -0.39 is 0 Å². The van der Waals surface area contributed by atoms with Crippen LogP contribution in [0.4, 0.5) is 0 Å². The van der Waals surface area contributed by atoms with Gasteiger partial charge in [0.15, 0.2) is 0 Å². The summed E-state index contributed by atoms with van der Waals surface area (Å²) in [4.78, 5) is 0. The van der Waals surface area contributed by atoms with Gasteiger partial charge in [-0.3, -0.25) is 0 Å². The van der Waals surface area contributed by atoms with E-state index in [1.807, 2.05) is 6.92 Å². The van der Waals surface area contributed by atoms with Crippen molar-refractivity contribution in [1.29, 1.82) is 0 Å². The molecule has 0 radical (unpaired) electrons. The molecule has 2 heteroatoms. The monoisotopic (exact) mass is 242 g/mol. The van der Waals surface area contributed by atoms with Crippen molar-refractivity contribution < 1.29 is 5.11 Å². The molecule has 0 bridgehead atoms. The van der Waals surface area contributed by atoms with Crippen molar-refractivity contribution in [3.8, 4) is 0 Å². The van der Waals surface area contributed by atoms with Crippen LogP contribution in [0.25, 0.3) is 0 Å². The normalized spacial score (nSPS) is 17.3. The van der Waals surface area contributed by atoms with Gasteiger partial charge in [0.1, 0.15) is 0 Å². The van der Waals surface area contributed by atoms with Crippen molar-refractivity contribution in [1.82, 2.24) is 0 Å². The van der Waals surface area contributed by atoms with E-state index in [0.29, 0.717) is 3.92 Å². The first kappa shape index (κ1) is 9.69. The first-order valence-electron chi connectivity index (χ1n) is 3.50. The number of aliphatic hydroxyl groups excluding tert-OH is 1. The van der Waals surface area contributed by atoms with Gasteiger partial charge in [-0.25, -0.2) is 0 Å². The lowest BCUT2D eigenvalue weighted by atomic mass is 10.1. The molecule has 0 aromatic heterocycles. The molecule has 0 saturated carbocycles. The van der Waals surface area contributed by atoms with Gasteiger partial charge < -0.3 is 5.11 Å². The number of alkyl halides is 1. The van der Waals surface area contributed by atoms with Crippen molar-refractivity contribution >= 4 is 22.6 Å². The summed E-state index contributed by atoms with van der Waals surface area (Å²) >= 11 is 2.30. The van der Waals surface area contributed by atoms with E-state index in [2.05, 4.69) is 29.5 Å². The zero-order chi connectivity index (χ0) is 7.28. The van der Waals surface area contributed by atoms with Crippen molar-refractivity contribution in [2.45, 2.75) is 43.1 Å². The maximum atomic E-state index is 9.04. The second kappa shape index (κ2) is 5.47. The van der Waals surface area contributed by atoms with Crippen LogP contribution in [-0.4, -0.2) is 15.1 Å². The number of halogens is 1. The van der Waals surface area contributed by atoms with Crippen LogP contribution in [0.3, 0.4) is 0 Å². The summed E-state index contributed by atoms with van der Waals surface area (Å²) < 4.78 is 0.447. The Morgan fingerprint density at radius 1 is 1.56 bits per heavy atom. The minimum atomic E-state index is -0.142. The average molecular weight is 242 g/mol. The molecule has 0 aromatic carbocycles. The van der Waals surface area contributed by atoms with Gasteiger partial charge in [0.2, 0.25) is 0 Å². The third-order valence-corrected chi connectivity index (χ3v) is 3.02. The minimum absolute atomic E-state index is 0.142. The minimum Gasteiger partial charge on any atom is -0.392 e. The van der Waals surface area contributed by atoms with Crippen LogP contribution >= 0.6 is 22.6 Å². The Morgan fingerprint density at radius 3 is 2.44 bits per heavy atom. The van der Waals surface area contributed by atoms with Crippen molar-refractivity contribution in [2.75, 3.05) is 0 Å². The highest BCUT2D eigenvalue weighted by atomic mass is 127. The summed E-state index contributed by atoms with van der Waals surface area (Å²) in [6.45, 7) is 4.03. The van der Waals surface area contributed by atoms with E-state index in [4.69, 9.17) is 5.11 Å².